The Labute approximate surface area is 161 Å². The molecular formula is C19H20ClN3O2S. The Bertz CT molecular complexity index is 864. The van der Waals surface area contributed by atoms with Gasteiger partial charge in [-0.1, -0.05) is 30.2 Å². The topological polar surface area (TPSA) is 76.3 Å². The van der Waals surface area contributed by atoms with Crippen molar-refractivity contribution in [2.24, 2.45) is 17.6 Å². The fourth-order valence-corrected chi connectivity index (χ4v) is 5.43. The number of primary amides is 1. The van der Waals surface area contributed by atoms with E-state index in [1.165, 1.54) is 11.3 Å². The van der Waals surface area contributed by atoms with Crippen LogP contribution in [0.5, 0.6) is 0 Å². The van der Waals surface area contributed by atoms with Crippen LogP contribution in [0.25, 0.3) is 10.4 Å². The maximum absolute atomic E-state index is 13.3. The molecule has 0 spiro atoms. The minimum Gasteiger partial charge on any atom is -0.368 e. The number of fused-ring (bicyclic) bond motifs is 1. The van der Waals surface area contributed by atoms with Crippen molar-refractivity contribution in [3.8, 4) is 10.4 Å². The van der Waals surface area contributed by atoms with Crippen molar-refractivity contribution in [2.75, 3.05) is 6.54 Å². The molecular weight excluding hydrogens is 370 g/mol. The molecule has 2 aliphatic rings. The van der Waals surface area contributed by atoms with E-state index in [2.05, 4.69) is 4.98 Å². The van der Waals surface area contributed by atoms with Gasteiger partial charge in [0.1, 0.15) is 11.7 Å². The van der Waals surface area contributed by atoms with Crippen molar-refractivity contribution in [3.05, 3.63) is 40.0 Å². The number of thiazole rings is 1. The van der Waals surface area contributed by atoms with Crippen LogP contribution in [0.2, 0.25) is 5.02 Å². The van der Waals surface area contributed by atoms with Gasteiger partial charge < -0.3 is 10.6 Å². The largest absolute Gasteiger partial charge is 0.368 e. The fourth-order valence-electron chi connectivity index (χ4n) is 4.38. The van der Waals surface area contributed by atoms with Crippen molar-refractivity contribution in [1.29, 1.82) is 0 Å². The maximum Gasteiger partial charge on any atom is 0.274 e. The first kappa shape index (κ1) is 17.5. The molecule has 0 bridgehead atoms. The van der Waals surface area contributed by atoms with Crippen LogP contribution in [0.3, 0.4) is 0 Å². The molecule has 2 aromatic rings. The van der Waals surface area contributed by atoms with Gasteiger partial charge in [0, 0.05) is 11.6 Å². The second-order valence-corrected chi connectivity index (χ2v) is 8.72. The quantitative estimate of drug-likeness (QED) is 0.872. The molecule has 1 aromatic carbocycles. The van der Waals surface area contributed by atoms with Crippen LogP contribution >= 0.6 is 22.9 Å². The number of carbonyl (C=O) groups excluding carboxylic acids is 2. The highest BCUT2D eigenvalue weighted by Crippen LogP contribution is 2.43. The number of hydrogen-bond donors (Lipinski definition) is 1. The summed E-state index contributed by atoms with van der Waals surface area (Å²) in [6.45, 7) is 2.47. The number of aryl methyl sites for hydroxylation is 1. The maximum atomic E-state index is 13.3. The van der Waals surface area contributed by atoms with Crippen LogP contribution in [0, 0.1) is 18.8 Å². The van der Waals surface area contributed by atoms with Gasteiger partial charge in [-0.3, -0.25) is 9.59 Å². The first-order chi connectivity index (χ1) is 12.5. The molecule has 1 aromatic heterocycles. The molecule has 3 unspecified atom stereocenters. The highest BCUT2D eigenvalue weighted by atomic mass is 35.5. The van der Waals surface area contributed by atoms with Crippen LogP contribution in [-0.4, -0.2) is 34.3 Å². The Balaban J connectivity index is 1.70. The predicted molar refractivity (Wildman–Crippen MR) is 102 cm³/mol. The van der Waals surface area contributed by atoms with Gasteiger partial charge in [-0.2, -0.15) is 0 Å². The minimum absolute atomic E-state index is 0.190. The average Bonchev–Trinajstić information content (AvgIpc) is 3.28. The molecule has 1 saturated carbocycles. The van der Waals surface area contributed by atoms with E-state index in [4.69, 9.17) is 17.3 Å². The standard InChI is InChI=1S/C19H20ClN3O2S/c1-10-22-15(17(26-10)11-5-7-13(20)8-6-11)19(25)23-9-12-3-2-4-14(12)16(23)18(21)24/h5-8,12,14,16H,2-4,9H2,1H3,(H2,21,24). The molecule has 2 amide bonds. The lowest BCUT2D eigenvalue weighted by Gasteiger charge is -2.25. The predicted octanol–water partition coefficient (Wildman–Crippen LogP) is 3.50. The van der Waals surface area contributed by atoms with Crippen molar-refractivity contribution in [2.45, 2.75) is 32.2 Å². The molecule has 2 N–H and O–H groups in total. The monoisotopic (exact) mass is 389 g/mol. The number of carbonyl (C=O) groups is 2. The molecule has 5 nitrogen and oxygen atoms in total. The van der Waals surface area contributed by atoms with Crippen LogP contribution < -0.4 is 5.73 Å². The molecule has 1 saturated heterocycles. The van der Waals surface area contributed by atoms with Gasteiger partial charge in [-0.25, -0.2) is 4.98 Å². The van der Waals surface area contributed by atoms with Gasteiger partial charge in [0.25, 0.3) is 5.91 Å². The third-order valence-corrected chi connectivity index (χ3v) is 6.76. The molecule has 7 heteroatoms. The fraction of sp³-hybridized carbons (Fsp3) is 0.421. The van der Waals surface area contributed by atoms with E-state index in [1.54, 1.807) is 17.0 Å². The SMILES string of the molecule is Cc1nc(C(=O)N2CC3CCCC3C2C(N)=O)c(-c2ccc(Cl)cc2)s1. The summed E-state index contributed by atoms with van der Waals surface area (Å²) in [6.07, 6.45) is 3.12. The smallest absolute Gasteiger partial charge is 0.274 e. The van der Waals surface area contributed by atoms with Crippen molar-refractivity contribution < 1.29 is 9.59 Å². The molecule has 136 valence electrons. The second-order valence-electron chi connectivity index (χ2n) is 7.08. The zero-order valence-electron chi connectivity index (χ0n) is 14.4. The van der Waals surface area contributed by atoms with Crippen LogP contribution in [0.1, 0.15) is 34.8 Å². The van der Waals surface area contributed by atoms with Gasteiger partial charge in [-0.15, -0.1) is 11.3 Å². The van der Waals surface area contributed by atoms with Gasteiger partial charge in [0.2, 0.25) is 5.91 Å². The van der Waals surface area contributed by atoms with Crippen molar-refractivity contribution in [3.63, 3.8) is 0 Å². The number of likely N-dealkylation sites (tertiary alicyclic amines) is 1. The van der Waals surface area contributed by atoms with E-state index < -0.39 is 11.9 Å². The summed E-state index contributed by atoms with van der Waals surface area (Å²) in [7, 11) is 0. The van der Waals surface area contributed by atoms with E-state index in [0.29, 0.717) is 23.2 Å². The lowest BCUT2D eigenvalue weighted by molar-refractivity contribution is -0.122. The number of hydrogen-bond acceptors (Lipinski definition) is 4. The first-order valence-electron chi connectivity index (χ1n) is 8.79. The number of benzene rings is 1. The number of amides is 2. The molecule has 3 atom stereocenters. The van der Waals surface area contributed by atoms with E-state index in [0.717, 1.165) is 34.7 Å². The number of rotatable bonds is 3. The van der Waals surface area contributed by atoms with Crippen molar-refractivity contribution >= 4 is 34.8 Å². The molecule has 4 rings (SSSR count). The van der Waals surface area contributed by atoms with Crippen LogP contribution in [-0.2, 0) is 4.79 Å². The summed E-state index contributed by atoms with van der Waals surface area (Å²) in [4.78, 5) is 32.3. The second kappa shape index (κ2) is 6.67. The van der Waals surface area contributed by atoms with E-state index >= 15 is 0 Å². The Morgan fingerprint density at radius 2 is 2.00 bits per heavy atom. The Morgan fingerprint density at radius 1 is 1.27 bits per heavy atom. The summed E-state index contributed by atoms with van der Waals surface area (Å²) in [6, 6.07) is 6.85. The van der Waals surface area contributed by atoms with Crippen LogP contribution in [0.4, 0.5) is 0 Å². The number of nitrogens with zero attached hydrogens (tertiary/aromatic N) is 2. The third kappa shape index (κ3) is 2.91. The van der Waals surface area contributed by atoms with Crippen molar-refractivity contribution in [1.82, 2.24) is 9.88 Å². The highest BCUT2D eigenvalue weighted by molar-refractivity contribution is 7.15. The molecule has 26 heavy (non-hydrogen) atoms. The van der Waals surface area contributed by atoms with Gasteiger partial charge >= 0.3 is 0 Å². The Morgan fingerprint density at radius 3 is 2.69 bits per heavy atom. The molecule has 1 aliphatic carbocycles. The number of nitrogens with two attached hydrogens (primary N) is 1. The normalized spacial score (nSPS) is 24.7. The Hall–Kier alpha value is -1.92. The van der Waals surface area contributed by atoms with Crippen LogP contribution in [0.15, 0.2) is 24.3 Å². The van der Waals surface area contributed by atoms with Gasteiger partial charge in [-0.05, 0) is 49.3 Å². The lowest BCUT2D eigenvalue weighted by Crippen LogP contribution is -2.46. The summed E-state index contributed by atoms with van der Waals surface area (Å²) in [5.41, 5.74) is 6.97. The summed E-state index contributed by atoms with van der Waals surface area (Å²) in [5, 5.41) is 1.46. The molecule has 2 fully saturated rings. The number of halogens is 1. The third-order valence-electron chi connectivity index (χ3n) is 5.49. The molecule has 1 aliphatic heterocycles. The summed E-state index contributed by atoms with van der Waals surface area (Å²) >= 11 is 7.45. The minimum atomic E-state index is -0.518. The van der Waals surface area contributed by atoms with E-state index in [-0.39, 0.29) is 11.8 Å². The number of aromatic nitrogens is 1. The molecule has 0 radical (unpaired) electrons. The van der Waals surface area contributed by atoms with E-state index in [9.17, 15) is 9.59 Å². The summed E-state index contributed by atoms with van der Waals surface area (Å²) in [5.74, 6) is -0.0458. The zero-order valence-corrected chi connectivity index (χ0v) is 16.0. The zero-order chi connectivity index (χ0) is 18.4. The van der Waals surface area contributed by atoms with Gasteiger partial charge in [0.15, 0.2) is 0 Å². The van der Waals surface area contributed by atoms with Gasteiger partial charge in [0.05, 0.1) is 9.88 Å². The highest BCUT2D eigenvalue weighted by Gasteiger charge is 2.49. The Kier molecular flexibility index (Phi) is 4.49. The first-order valence-corrected chi connectivity index (χ1v) is 9.99. The average molecular weight is 390 g/mol. The van der Waals surface area contributed by atoms with E-state index in [1.807, 2.05) is 19.1 Å². The lowest BCUT2D eigenvalue weighted by atomic mass is 9.93. The summed E-state index contributed by atoms with van der Waals surface area (Å²) < 4.78 is 0. The molecule has 2 heterocycles.